The van der Waals surface area contributed by atoms with Crippen molar-refractivity contribution < 1.29 is 4.74 Å². The van der Waals surface area contributed by atoms with Crippen molar-refractivity contribution in [2.45, 2.75) is 39.8 Å². The largest absolute Gasteiger partial charge is 0.489 e. The highest BCUT2D eigenvalue weighted by Gasteiger charge is 2.17. The van der Waals surface area contributed by atoms with E-state index in [1.54, 1.807) is 0 Å². The van der Waals surface area contributed by atoms with Crippen LogP contribution in [0.1, 0.15) is 39.3 Å². The Balaban J connectivity index is 2.26. The maximum atomic E-state index is 5.90. The van der Waals surface area contributed by atoms with Gasteiger partial charge in [0.2, 0.25) is 0 Å². The van der Waals surface area contributed by atoms with Gasteiger partial charge in [-0.1, -0.05) is 56.3 Å². The molecule has 2 rings (SSSR count). The Labute approximate surface area is 128 Å². The second-order valence-corrected chi connectivity index (χ2v) is 5.94. The van der Waals surface area contributed by atoms with E-state index in [4.69, 9.17) is 4.74 Å². The van der Waals surface area contributed by atoms with Crippen LogP contribution in [0.5, 0.6) is 5.75 Å². The Kier molecular flexibility index (Phi) is 5.26. The monoisotopic (exact) mass is 283 g/mol. The number of hydrogen-bond acceptors (Lipinski definition) is 2. The van der Waals surface area contributed by atoms with Gasteiger partial charge in [0, 0.05) is 0 Å². The molecule has 0 saturated heterocycles. The number of rotatable bonds is 6. The molecule has 2 heteroatoms. The molecule has 0 bridgehead atoms. The third kappa shape index (κ3) is 4.25. The van der Waals surface area contributed by atoms with Crippen LogP contribution in [-0.4, -0.2) is 6.10 Å². The van der Waals surface area contributed by atoms with Crippen LogP contribution in [0, 0.1) is 5.92 Å². The molecule has 0 radical (unpaired) electrons. The summed E-state index contributed by atoms with van der Waals surface area (Å²) in [6.07, 6.45) is 0.169. The minimum Gasteiger partial charge on any atom is -0.489 e. The van der Waals surface area contributed by atoms with Crippen molar-refractivity contribution in [3.05, 3.63) is 60.2 Å². The molecule has 2 aromatic rings. The van der Waals surface area contributed by atoms with E-state index in [2.05, 4.69) is 55.6 Å². The first-order valence-corrected chi connectivity index (χ1v) is 7.65. The summed E-state index contributed by atoms with van der Waals surface area (Å²) in [7, 11) is 0. The van der Waals surface area contributed by atoms with Crippen molar-refractivity contribution in [3.63, 3.8) is 0 Å². The van der Waals surface area contributed by atoms with Crippen molar-refractivity contribution in [1.29, 1.82) is 0 Å². The molecule has 0 heterocycles. The van der Waals surface area contributed by atoms with Gasteiger partial charge in [0.25, 0.3) is 0 Å². The number of hydrogen-bond donors (Lipinski definition) is 1. The molecule has 0 fully saturated rings. The lowest BCUT2D eigenvalue weighted by Gasteiger charge is -2.26. The van der Waals surface area contributed by atoms with E-state index in [-0.39, 0.29) is 12.1 Å². The van der Waals surface area contributed by atoms with Crippen LogP contribution in [0.2, 0.25) is 0 Å². The van der Waals surface area contributed by atoms with Gasteiger partial charge in [0.1, 0.15) is 5.75 Å². The predicted octanol–water partition coefficient (Wildman–Crippen LogP) is 5.28. The van der Waals surface area contributed by atoms with Crippen LogP contribution in [0.25, 0.3) is 0 Å². The highest BCUT2D eigenvalue weighted by molar-refractivity contribution is 5.57. The molecule has 0 saturated carbocycles. The molecule has 112 valence electrons. The molecule has 1 atom stereocenters. The summed E-state index contributed by atoms with van der Waals surface area (Å²) in [5.41, 5.74) is 2.35. The SMILES string of the molecule is CC(C)Oc1ccccc1NC(c1ccccc1)C(C)C. The first-order chi connectivity index (χ1) is 10.1. The summed E-state index contributed by atoms with van der Waals surface area (Å²) in [5.74, 6) is 1.40. The Hall–Kier alpha value is -1.96. The van der Waals surface area contributed by atoms with Crippen LogP contribution in [0.4, 0.5) is 5.69 Å². The van der Waals surface area contributed by atoms with Gasteiger partial charge >= 0.3 is 0 Å². The van der Waals surface area contributed by atoms with Gasteiger partial charge in [0.15, 0.2) is 0 Å². The van der Waals surface area contributed by atoms with E-state index in [0.29, 0.717) is 5.92 Å². The van der Waals surface area contributed by atoms with E-state index in [1.807, 2.05) is 32.0 Å². The highest BCUT2D eigenvalue weighted by Crippen LogP contribution is 2.32. The van der Waals surface area contributed by atoms with Gasteiger partial charge in [0.05, 0.1) is 17.8 Å². The van der Waals surface area contributed by atoms with Gasteiger partial charge in [-0.25, -0.2) is 0 Å². The van der Waals surface area contributed by atoms with Gasteiger partial charge < -0.3 is 10.1 Å². The molecule has 2 aromatic carbocycles. The second-order valence-electron chi connectivity index (χ2n) is 5.94. The molecule has 0 spiro atoms. The maximum Gasteiger partial charge on any atom is 0.142 e. The number of nitrogens with one attached hydrogen (secondary N) is 1. The van der Waals surface area contributed by atoms with Crippen molar-refractivity contribution in [3.8, 4) is 5.75 Å². The van der Waals surface area contributed by atoms with E-state index >= 15 is 0 Å². The van der Waals surface area contributed by atoms with Gasteiger partial charge in [-0.15, -0.1) is 0 Å². The average Bonchev–Trinajstić information content (AvgIpc) is 2.46. The molecule has 0 amide bonds. The summed E-state index contributed by atoms with van der Waals surface area (Å²) >= 11 is 0. The number of para-hydroxylation sites is 2. The van der Waals surface area contributed by atoms with E-state index in [1.165, 1.54) is 5.56 Å². The second kappa shape index (κ2) is 7.16. The average molecular weight is 283 g/mol. The van der Waals surface area contributed by atoms with E-state index < -0.39 is 0 Å². The fourth-order valence-electron chi connectivity index (χ4n) is 2.41. The Morgan fingerprint density at radius 1 is 0.810 bits per heavy atom. The molecule has 0 aliphatic carbocycles. The van der Waals surface area contributed by atoms with Gasteiger partial charge in [-0.2, -0.15) is 0 Å². The Morgan fingerprint density at radius 2 is 1.43 bits per heavy atom. The van der Waals surface area contributed by atoms with Crippen LogP contribution in [0.3, 0.4) is 0 Å². The molecule has 2 nitrogen and oxygen atoms in total. The number of ether oxygens (including phenoxy) is 1. The smallest absolute Gasteiger partial charge is 0.142 e. The Morgan fingerprint density at radius 3 is 2.05 bits per heavy atom. The lowest BCUT2D eigenvalue weighted by Crippen LogP contribution is -2.18. The van der Waals surface area contributed by atoms with Crippen molar-refractivity contribution in [2.24, 2.45) is 5.92 Å². The minimum atomic E-state index is 0.169. The summed E-state index contributed by atoms with van der Waals surface area (Å²) < 4.78 is 5.90. The van der Waals surface area contributed by atoms with Crippen molar-refractivity contribution >= 4 is 5.69 Å². The number of benzene rings is 2. The van der Waals surface area contributed by atoms with Crippen molar-refractivity contribution in [2.75, 3.05) is 5.32 Å². The zero-order chi connectivity index (χ0) is 15.2. The zero-order valence-electron chi connectivity index (χ0n) is 13.3. The molecular formula is C19H25NO. The summed E-state index contributed by atoms with van der Waals surface area (Å²) in [4.78, 5) is 0. The lowest BCUT2D eigenvalue weighted by molar-refractivity contribution is 0.243. The standard InChI is InChI=1S/C19H25NO/c1-14(2)19(16-10-6-5-7-11-16)20-17-12-8-9-13-18(17)21-15(3)4/h5-15,19-20H,1-4H3. The fourth-order valence-corrected chi connectivity index (χ4v) is 2.41. The molecule has 0 aliphatic rings. The van der Waals surface area contributed by atoms with Gasteiger partial charge in [-0.3, -0.25) is 0 Å². The lowest BCUT2D eigenvalue weighted by atomic mass is 9.95. The normalized spacial score (nSPS) is 12.5. The quantitative estimate of drug-likeness (QED) is 0.778. The molecular weight excluding hydrogens is 258 g/mol. The van der Waals surface area contributed by atoms with Crippen LogP contribution >= 0.6 is 0 Å². The minimum absolute atomic E-state index is 0.169. The predicted molar refractivity (Wildman–Crippen MR) is 89.8 cm³/mol. The number of anilines is 1. The third-order valence-corrected chi connectivity index (χ3v) is 3.39. The third-order valence-electron chi connectivity index (χ3n) is 3.39. The first kappa shape index (κ1) is 15.4. The maximum absolute atomic E-state index is 5.90. The summed E-state index contributed by atoms with van der Waals surface area (Å²) in [5, 5.41) is 3.64. The molecule has 1 unspecified atom stereocenters. The summed E-state index contributed by atoms with van der Waals surface area (Å²) in [6, 6.07) is 19.0. The van der Waals surface area contributed by atoms with E-state index in [9.17, 15) is 0 Å². The van der Waals surface area contributed by atoms with Crippen LogP contribution in [0.15, 0.2) is 54.6 Å². The topological polar surface area (TPSA) is 21.3 Å². The molecule has 0 aromatic heterocycles. The van der Waals surface area contributed by atoms with Gasteiger partial charge in [-0.05, 0) is 37.5 Å². The fraction of sp³-hybridized carbons (Fsp3) is 0.368. The molecule has 21 heavy (non-hydrogen) atoms. The van der Waals surface area contributed by atoms with Crippen molar-refractivity contribution in [1.82, 2.24) is 0 Å². The van der Waals surface area contributed by atoms with E-state index in [0.717, 1.165) is 11.4 Å². The summed E-state index contributed by atoms with van der Waals surface area (Å²) in [6.45, 7) is 8.56. The highest BCUT2D eigenvalue weighted by atomic mass is 16.5. The van der Waals surface area contributed by atoms with Crippen LogP contribution < -0.4 is 10.1 Å². The zero-order valence-corrected chi connectivity index (χ0v) is 13.3. The van der Waals surface area contributed by atoms with Crippen LogP contribution in [-0.2, 0) is 0 Å². The Bertz CT molecular complexity index is 549. The first-order valence-electron chi connectivity index (χ1n) is 7.65. The molecule has 0 aliphatic heterocycles. The molecule has 1 N–H and O–H groups in total.